The molecule has 1 aromatic rings. The molecule has 1 N–H and O–H groups in total. The van der Waals surface area contributed by atoms with E-state index >= 15 is 0 Å². The number of rotatable bonds is 2. The maximum absolute atomic E-state index is 9.42. The molecule has 0 saturated heterocycles. The number of halogens is 1. The number of methoxy groups -OCH3 is 1. The molecule has 0 atom stereocenters. The van der Waals surface area contributed by atoms with Crippen LogP contribution in [0.5, 0.6) is 5.75 Å². The summed E-state index contributed by atoms with van der Waals surface area (Å²) >= 11 is 6.35. The Hall–Kier alpha value is -0.730. The van der Waals surface area contributed by atoms with Crippen molar-refractivity contribution >= 4 is 11.6 Å². The van der Waals surface area contributed by atoms with Crippen LogP contribution in [0, 0.1) is 6.92 Å². The van der Waals surface area contributed by atoms with E-state index in [1.807, 2.05) is 0 Å². The van der Waals surface area contributed by atoms with Gasteiger partial charge in [0.25, 0.3) is 0 Å². The van der Waals surface area contributed by atoms with Gasteiger partial charge in [-0.3, -0.25) is 0 Å². The molecule has 0 spiro atoms. The van der Waals surface area contributed by atoms with Crippen LogP contribution in [-0.4, -0.2) is 12.2 Å². The van der Waals surface area contributed by atoms with Gasteiger partial charge in [-0.25, -0.2) is 0 Å². The largest absolute Gasteiger partial charge is 0.495 e. The molecule has 2 nitrogen and oxygen atoms in total. The minimum atomic E-state index is -0.0119. The zero-order valence-electron chi connectivity index (χ0n) is 9.77. The van der Waals surface area contributed by atoms with Crippen molar-refractivity contribution in [1.29, 1.82) is 0 Å². The van der Waals surface area contributed by atoms with E-state index in [-0.39, 0.29) is 6.61 Å². The van der Waals surface area contributed by atoms with Gasteiger partial charge in [0.2, 0.25) is 0 Å². The molecule has 0 fully saturated rings. The number of fused-ring (bicyclic) bond motifs is 1. The number of benzene rings is 1. The minimum absolute atomic E-state index is 0.0119. The van der Waals surface area contributed by atoms with Crippen LogP contribution in [0.25, 0.3) is 0 Å². The maximum Gasteiger partial charge on any atom is 0.143 e. The topological polar surface area (TPSA) is 29.5 Å². The van der Waals surface area contributed by atoms with E-state index in [4.69, 9.17) is 16.3 Å². The lowest BCUT2D eigenvalue weighted by Crippen LogP contribution is -2.10. The van der Waals surface area contributed by atoms with Gasteiger partial charge in [0, 0.05) is 5.56 Å². The summed E-state index contributed by atoms with van der Waals surface area (Å²) < 4.78 is 5.32. The van der Waals surface area contributed by atoms with Gasteiger partial charge in [-0.1, -0.05) is 11.6 Å². The SMILES string of the molecule is COc1c(Cl)c2c(c(C)c1CO)CCCC2. The predicted octanol–water partition coefficient (Wildman–Crippen LogP) is 3.03. The molecule has 1 aliphatic rings. The summed E-state index contributed by atoms with van der Waals surface area (Å²) in [4.78, 5) is 0. The van der Waals surface area contributed by atoms with Crippen molar-refractivity contribution in [3.8, 4) is 5.75 Å². The van der Waals surface area contributed by atoms with Crippen LogP contribution in [0.3, 0.4) is 0 Å². The number of aliphatic hydroxyl groups excluding tert-OH is 1. The van der Waals surface area contributed by atoms with Crippen LogP contribution in [-0.2, 0) is 19.4 Å². The van der Waals surface area contributed by atoms with E-state index in [2.05, 4.69) is 6.92 Å². The summed E-state index contributed by atoms with van der Waals surface area (Å²) in [6, 6.07) is 0. The Bertz CT molecular complexity index is 357. The molecule has 0 amide bonds. The third-order valence-corrected chi connectivity index (χ3v) is 3.87. The fourth-order valence-corrected chi connectivity index (χ4v) is 2.99. The van der Waals surface area contributed by atoms with E-state index in [1.54, 1.807) is 7.11 Å². The van der Waals surface area contributed by atoms with Gasteiger partial charge in [0.1, 0.15) is 5.75 Å². The highest BCUT2D eigenvalue weighted by Crippen LogP contribution is 2.40. The average Bonchev–Trinajstić information content (AvgIpc) is 2.33. The molecular formula is C13H17ClO2. The molecule has 1 aliphatic carbocycles. The van der Waals surface area contributed by atoms with Crippen molar-refractivity contribution < 1.29 is 9.84 Å². The number of aliphatic hydroxyl groups is 1. The zero-order valence-corrected chi connectivity index (χ0v) is 10.5. The number of hydrogen-bond acceptors (Lipinski definition) is 2. The fraction of sp³-hybridized carbons (Fsp3) is 0.538. The maximum atomic E-state index is 9.42. The lowest BCUT2D eigenvalue weighted by molar-refractivity contribution is 0.272. The summed E-state index contributed by atoms with van der Waals surface area (Å²) in [5.41, 5.74) is 4.53. The van der Waals surface area contributed by atoms with Crippen LogP contribution < -0.4 is 4.74 Å². The first-order chi connectivity index (χ1) is 7.70. The van der Waals surface area contributed by atoms with Gasteiger partial charge >= 0.3 is 0 Å². The van der Waals surface area contributed by atoms with Gasteiger partial charge in [0.05, 0.1) is 18.7 Å². The standard InChI is InChI=1S/C13H17ClO2/c1-8-9-5-3-4-6-10(9)12(14)13(16-2)11(8)7-15/h15H,3-7H2,1-2H3. The van der Waals surface area contributed by atoms with Gasteiger partial charge in [-0.15, -0.1) is 0 Å². The summed E-state index contributed by atoms with van der Waals surface area (Å²) in [5.74, 6) is 0.655. The van der Waals surface area contributed by atoms with E-state index in [1.165, 1.54) is 24.0 Å². The second-order valence-corrected chi connectivity index (χ2v) is 4.65. The van der Waals surface area contributed by atoms with Crippen molar-refractivity contribution in [2.75, 3.05) is 7.11 Å². The summed E-state index contributed by atoms with van der Waals surface area (Å²) in [6.45, 7) is 2.04. The zero-order chi connectivity index (χ0) is 11.7. The Morgan fingerprint density at radius 1 is 1.25 bits per heavy atom. The molecule has 2 rings (SSSR count). The molecule has 88 valence electrons. The fourth-order valence-electron chi connectivity index (χ4n) is 2.59. The van der Waals surface area contributed by atoms with E-state index < -0.39 is 0 Å². The average molecular weight is 241 g/mol. The Labute approximate surface area is 101 Å². The molecule has 0 radical (unpaired) electrons. The van der Waals surface area contributed by atoms with E-state index in [0.29, 0.717) is 10.8 Å². The molecular weight excluding hydrogens is 224 g/mol. The van der Waals surface area contributed by atoms with Gasteiger partial charge in [-0.05, 0) is 49.3 Å². The molecule has 16 heavy (non-hydrogen) atoms. The van der Waals surface area contributed by atoms with Crippen molar-refractivity contribution in [1.82, 2.24) is 0 Å². The van der Waals surface area contributed by atoms with Gasteiger partial charge in [0.15, 0.2) is 0 Å². The second kappa shape index (κ2) is 4.64. The Morgan fingerprint density at radius 3 is 2.44 bits per heavy atom. The third kappa shape index (κ3) is 1.70. The van der Waals surface area contributed by atoms with Gasteiger partial charge < -0.3 is 9.84 Å². The monoisotopic (exact) mass is 240 g/mol. The quantitative estimate of drug-likeness (QED) is 0.861. The third-order valence-electron chi connectivity index (χ3n) is 3.47. The molecule has 0 aromatic heterocycles. The van der Waals surface area contributed by atoms with Crippen molar-refractivity contribution in [3.05, 3.63) is 27.3 Å². The predicted molar refractivity (Wildman–Crippen MR) is 65.3 cm³/mol. The first kappa shape index (κ1) is 11.7. The first-order valence-corrected chi connectivity index (χ1v) is 6.06. The molecule has 0 unspecified atom stereocenters. The van der Waals surface area contributed by atoms with Crippen molar-refractivity contribution in [3.63, 3.8) is 0 Å². The van der Waals surface area contributed by atoms with Crippen LogP contribution in [0.15, 0.2) is 0 Å². The Kier molecular flexibility index (Phi) is 3.41. The van der Waals surface area contributed by atoms with Crippen molar-refractivity contribution in [2.45, 2.75) is 39.2 Å². The summed E-state index contributed by atoms with van der Waals surface area (Å²) in [7, 11) is 1.61. The molecule has 1 aromatic carbocycles. The second-order valence-electron chi connectivity index (χ2n) is 4.27. The van der Waals surface area contributed by atoms with Crippen molar-refractivity contribution in [2.24, 2.45) is 0 Å². The minimum Gasteiger partial charge on any atom is -0.495 e. The highest BCUT2D eigenvalue weighted by Gasteiger charge is 2.22. The molecule has 0 saturated carbocycles. The smallest absolute Gasteiger partial charge is 0.143 e. The highest BCUT2D eigenvalue weighted by molar-refractivity contribution is 6.33. The van der Waals surface area contributed by atoms with Gasteiger partial charge in [-0.2, -0.15) is 0 Å². The number of hydrogen-bond donors (Lipinski definition) is 1. The van der Waals surface area contributed by atoms with Crippen LogP contribution in [0.1, 0.15) is 35.1 Å². The molecule has 0 bridgehead atoms. The van der Waals surface area contributed by atoms with E-state index in [9.17, 15) is 5.11 Å². The first-order valence-electron chi connectivity index (χ1n) is 5.68. The summed E-state index contributed by atoms with van der Waals surface area (Å²) in [5, 5.41) is 10.1. The molecule has 3 heteroatoms. The number of ether oxygens (including phenoxy) is 1. The van der Waals surface area contributed by atoms with Crippen LogP contribution in [0.4, 0.5) is 0 Å². The van der Waals surface area contributed by atoms with Crippen LogP contribution in [0.2, 0.25) is 5.02 Å². The Balaban J connectivity index is 2.69. The lowest BCUT2D eigenvalue weighted by atomic mass is 9.86. The summed E-state index contributed by atoms with van der Waals surface area (Å²) in [6.07, 6.45) is 4.49. The normalized spacial score (nSPS) is 14.8. The van der Waals surface area contributed by atoms with Crippen LogP contribution >= 0.6 is 11.6 Å². The molecule has 0 aliphatic heterocycles. The Morgan fingerprint density at radius 2 is 1.88 bits per heavy atom. The highest BCUT2D eigenvalue weighted by atomic mass is 35.5. The lowest BCUT2D eigenvalue weighted by Gasteiger charge is -2.24. The molecule has 0 heterocycles. The van der Waals surface area contributed by atoms with E-state index in [0.717, 1.165) is 24.0 Å².